The highest BCUT2D eigenvalue weighted by Gasteiger charge is 2.16. The number of hydrogen-bond donors (Lipinski definition) is 1. The summed E-state index contributed by atoms with van der Waals surface area (Å²) >= 11 is 1.40. The van der Waals surface area contributed by atoms with Crippen LogP contribution < -0.4 is 5.32 Å². The van der Waals surface area contributed by atoms with Crippen molar-refractivity contribution in [1.29, 1.82) is 0 Å². The molecule has 2 aromatic carbocycles. The topological polar surface area (TPSA) is 67.8 Å². The Kier molecular flexibility index (Phi) is 4.64. The van der Waals surface area contributed by atoms with Gasteiger partial charge >= 0.3 is 0 Å². The van der Waals surface area contributed by atoms with Gasteiger partial charge in [0.15, 0.2) is 0 Å². The van der Waals surface area contributed by atoms with Crippen molar-refractivity contribution < 1.29 is 4.79 Å². The van der Waals surface area contributed by atoms with Gasteiger partial charge in [-0.2, -0.15) is 0 Å². The van der Waals surface area contributed by atoms with Crippen LogP contribution in [0.25, 0.3) is 22.2 Å². The first-order valence-electron chi connectivity index (χ1n) is 8.72. The van der Waals surface area contributed by atoms with Gasteiger partial charge in [-0.15, -0.1) is 10.2 Å². The fourth-order valence-electron chi connectivity index (χ4n) is 2.80. The van der Waals surface area contributed by atoms with Crippen LogP contribution in [0.15, 0.2) is 60.7 Å². The SMILES string of the molecule is CC(C)c1nnc(NC(=O)c2cc(-c3ccccc3)nc3ccccc23)s1. The number of amides is 1. The molecule has 0 aliphatic rings. The van der Waals surface area contributed by atoms with Gasteiger partial charge in [-0.05, 0) is 12.1 Å². The smallest absolute Gasteiger partial charge is 0.258 e. The lowest BCUT2D eigenvalue weighted by Crippen LogP contribution is -2.13. The van der Waals surface area contributed by atoms with Crippen LogP contribution in [-0.2, 0) is 0 Å². The number of carbonyl (C=O) groups is 1. The van der Waals surface area contributed by atoms with Gasteiger partial charge in [0.25, 0.3) is 5.91 Å². The molecule has 0 saturated carbocycles. The Bertz CT molecular complexity index is 1110. The van der Waals surface area contributed by atoms with E-state index in [1.807, 2.05) is 60.7 Å². The molecule has 27 heavy (non-hydrogen) atoms. The van der Waals surface area contributed by atoms with Crippen molar-refractivity contribution >= 4 is 33.3 Å². The molecule has 2 heterocycles. The molecule has 0 saturated heterocycles. The second-order valence-electron chi connectivity index (χ2n) is 6.49. The lowest BCUT2D eigenvalue weighted by molar-refractivity contribution is 0.102. The molecule has 0 fully saturated rings. The van der Waals surface area contributed by atoms with Crippen molar-refractivity contribution in [2.24, 2.45) is 0 Å². The molecule has 134 valence electrons. The van der Waals surface area contributed by atoms with Crippen LogP contribution in [0.5, 0.6) is 0 Å². The molecular weight excluding hydrogens is 356 g/mol. The van der Waals surface area contributed by atoms with Crippen LogP contribution >= 0.6 is 11.3 Å². The number of aromatic nitrogens is 3. The summed E-state index contributed by atoms with van der Waals surface area (Å²) in [6, 6.07) is 19.3. The average molecular weight is 374 g/mol. The van der Waals surface area contributed by atoms with Crippen LogP contribution in [0, 0.1) is 0 Å². The monoisotopic (exact) mass is 374 g/mol. The predicted molar refractivity (Wildman–Crippen MR) is 109 cm³/mol. The van der Waals surface area contributed by atoms with Gasteiger partial charge in [-0.25, -0.2) is 4.98 Å². The van der Waals surface area contributed by atoms with Crippen LogP contribution in [0.4, 0.5) is 5.13 Å². The second-order valence-corrected chi connectivity index (χ2v) is 7.50. The van der Waals surface area contributed by atoms with E-state index in [-0.39, 0.29) is 11.8 Å². The lowest BCUT2D eigenvalue weighted by atomic mass is 10.0. The number of carbonyl (C=O) groups excluding carboxylic acids is 1. The van der Waals surface area contributed by atoms with E-state index in [0.717, 1.165) is 27.2 Å². The van der Waals surface area contributed by atoms with Gasteiger partial charge in [0, 0.05) is 16.9 Å². The first-order chi connectivity index (χ1) is 13.1. The van der Waals surface area contributed by atoms with Gasteiger partial charge in [0.1, 0.15) is 5.01 Å². The first-order valence-corrected chi connectivity index (χ1v) is 9.53. The van der Waals surface area contributed by atoms with Gasteiger partial charge < -0.3 is 0 Å². The van der Waals surface area contributed by atoms with Crippen LogP contribution in [0.3, 0.4) is 0 Å². The number of rotatable bonds is 4. The summed E-state index contributed by atoms with van der Waals surface area (Å²) in [5.74, 6) is 0.0665. The van der Waals surface area contributed by atoms with Crippen molar-refractivity contribution in [2.75, 3.05) is 5.32 Å². The van der Waals surface area contributed by atoms with E-state index in [0.29, 0.717) is 10.7 Å². The molecule has 0 aliphatic carbocycles. The Hall–Kier alpha value is -3.12. The van der Waals surface area contributed by atoms with E-state index in [1.165, 1.54) is 11.3 Å². The number of fused-ring (bicyclic) bond motifs is 1. The van der Waals surface area contributed by atoms with E-state index < -0.39 is 0 Å². The summed E-state index contributed by atoms with van der Waals surface area (Å²) in [4.78, 5) is 17.7. The molecule has 0 aliphatic heterocycles. The Labute approximate surface area is 161 Å². The third kappa shape index (κ3) is 3.57. The lowest BCUT2D eigenvalue weighted by Gasteiger charge is -2.09. The van der Waals surface area contributed by atoms with Gasteiger partial charge in [-0.1, -0.05) is 73.7 Å². The van der Waals surface area contributed by atoms with Crippen LogP contribution in [0.1, 0.15) is 35.1 Å². The Morgan fingerprint density at radius 2 is 1.74 bits per heavy atom. The van der Waals surface area contributed by atoms with Crippen molar-refractivity contribution in [3.05, 3.63) is 71.2 Å². The highest BCUT2D eigenvalue weighted by molar-refractivity contribution is 7.15. The number of pyridine rings is 1. The fourth-order valence-corrected chi connectivity index (χ4v) is 3.54. The van der Waals surface area contributed by atoms with Crippen molar-refractivity contribution in [3.63, 3.8) is 0 Å². The fraction of sp³-hybridized carbons (Fsp3) is 0.143. The minimum absolute atomic E-state index is 0.211. The van der Waals surface area contributed by atoms with E-state index in [2.05, 4.69) is 29.4 Å². The van der Waals surface area contributed by atoms with Crippen LogP contribution in [-0.4, -0.2) is 21.1 Å². The molecule has 6 heteroatoms. The van der Waals surface area contributed by atoms with Crippen molar-refractivity contribution in [1.82, 2.24) is 15.2 Å². The quantitative estimate of drug-likeness (QED) is 0.538. The summed E-state index contributed by atoms with van der Waals surface area (Å²) < 4.78 is 0. The zero-order valence-electron chi connectivity index (χ0n) is 15.0. The van der Waals surface area contributed by atoms with Crippen molar-refractivity contribution in [2.45, 2.75) is 19.8 Å². The molecule has 2 aromatic heterocycles. The summed E-state index contributed by atoms with van der Waals surface area (Å²) in [6.45, 7) is 4.10. The maximum absolute atomic E-state index is 13.0. The van der Waals surface area contributed by atoms with E-state index in [1.54, 1.807) is 0 Å². The highest BCUT2D eigenvalue weighted by Crippen LogP contribution is 2.27. The summed E-state index contributed by atoms with van der Waals surface area (Å²) in [5.41, 5.74) is 3.08. The maximum atomic E-state index is 13.0. The average Bonchev–Trinajstić information content (AvgIpc) is 3.16. The summed E-state index contributed by atoms with van der Waals surface area (Å²) in [6.07, 6.45) is 0. The Morgan fingerprint density at radius 1 is 1.00 bits per heavy atom. The molecule has 0 bridgehead atoms. The summed E-state index contributed by atoms with van der Waals surface area (Å²) in [5, 5.41) is 13.3. The van der Waals surface area contributed by atoms with E-state index in [4.69, 9.17) is 4.98 Å². The predicted octanol–water partition coefficient (Wildman–Crippen LogP) is 5.13. The van der Waals surface area contributed by atoms with Gasteiger partial charge in [0.2, 0.25) is 5.13 Å². The van der Waals surface area contributed by atoms with Crippen molar-refractivity contribution in [3.8, 4) is 11.3 Å². The number of hydrogen-bond acceptors (Lipinski definition) is 5. The molecule has 4 rings (SSSR count). The molecule has 0 spiro atoms. The molecule has 1 amide bonds. The molecule has 0 unspecified atom stereocenters. The number of nitrogens with zero attached hydrogens (tertiary/aromatic N) is 3. The normalized spacial score (nSPS) is 11.1. The Morgan fingerprint density at radius 3 is 2.48 bits per heavy atom. The van der Waals surface area contributed by atoms with E-state index in [9.17, 15) is 4.79 Å². The third-order valence-electron chi connectivity index (χ3n) is 4.19. The molecule has 4 aromatic rings. The summed E-state index contributed by atoms with van der Waals surface area (Å²) in [7, 11) is 0. The molecule has 0 atom stereocenters. The van der Waals surface area contributed by atoms with Crippen LogP contribution in [0.2, 0.25) is 0 Å². The largest absolute Gasteiger partial charge is 0.296 e. The number of anilines is 1. The second kappa shape index (κ2) is 7.25. The standard InChI is InChI=1S/C21H18N4OS/c1-13(2)20-24-25-21(27-20)23-19(26)16-12-18(14-8-4-3-5-9-14)22-17-11-7-6-10-15(16)17/h3-13H,1-2H3,(H,23,25,26). The molecular formula is C21H18N4OS. The zero-order valence-corrected chi connectivity index (χ0v) is 15.8. The first kappa shape index (κ1) is 17.3. The molecule has 1 N–H and O–H groups in total. The number of benzene rings is 2. The maximum Gasteiger partial charge on any atom is 0.258 e. The van der Waals surface area contributed by atoms with E-state index >= 15 is 0 Å². The van der Waals surface area contributed by atoms with Gasteiger partial charge in [0.05, 0.1) is 16.8 Å². The zero-order chi connectivity index (χ0) is 18.8. The highest BCUT2D eigenvalue weighted by atomic mass is 32.1. The number of nitrogens with one attached hydrogen (secondary N) is 1. The molecule has 0 radical (unpaired) electrons. The van der Waals surface area contributed by atoms with Gasteiger partial charge in [-0.3, -0.25) is 10.1 Å². The minimum atomic E-state index is -0.211. The third-order valence-corrected chi connectivity index (χ3v) is 5.32. The minimum Gasteiger partial charge on any atom is -0.296 e. The molecule has 5 nitrogen and oxygen atoms in total. The number of para-hydroxylation sites is 1. The Balaban J connectivity index is 1.76.